The summed E-state index contributed by atoms with van der Waals surface area (Å²) < 4.78 is 0.951. The lowest BCUT2D eigenvalue weighted by Gasteiger charge is -2.10. The van der Waals surface area contributed by atoms with Crippen molar-refractivity contribution in [2.24, 2.45) is 0 Å². The van der Waals surface area contributed by atoms with Gasteiger partial charge < -0.3 is 10.6 Å². The summed E-state index contributed by atoms with van der Waals surface area (Å²) >= 11 is 3.39. The van der Waals surface area contributed by atoms with Crippen molar-refractivity contribution in [3.05, 3.63) is 76.3 Å². The Bertz CT molecular complexity index is 953. The molecule has 2 N–H and O–H groups in total. The van der Waals surface area contributed by atoms with Crippen molar-refractivity contribution in [1.82, 2.24) is 5.32 Å². The number of aryl methyl sites for hydroxylation is 1. The van der Waals surface area contributed by atoms with Gasteiger partial charge in [-0.15, -0.1) is 0 Å². The fourth-order valence-corrected chi connectivity index (χ4v) is 3.03. The van der Waals surface area contributed by atoms with E-state index in [0.29, 0.717) is 5.56 Å². The van der Waals surface area contributed by atoms with Crippen LogP contribution in [0.4, 0.5) is 5.69 Å². The zero-order valence-electron chi connectivity index (χ0n) is 13.7. The van der Waals surface area contributed by atoms with Gasteiger partial charge in [-0.3, -0.25) is 9.59 Å². The summed E-state index contributed by atoms with van der Waals surface area (Å²) in [7, 11) is 0. The number of fused-ring (bicyclic) bond motifs is 1. The number of hydrogen-bond donors (Lipinski definition) is 2. The molecule has 0 atom stereocenters. The Labute approximate surface area is 154 Å². The van der Waals surface area contributed by atoms with Crippen LogP contribution in [0.15, 0.2) is 65.1 Å². The van der Waals surface area contributed by atoms with Crippen LogP contribution in [0.5, 0.6) is 0 Å². The second-order valence-corrected chi connectivity index (χ2v) is 6.67. The number of anilines is 1. The lowest BCUT2D eigenvalue weighted by Crippen LogP contribution is -2.33. The topological polar surface area (TPSA) is 58.2 Å². The fraction of sp³-hybridized carbons (Fsp3) is 0.100. The summed E-state index contributed by atoms with van der Waals surface area (Å²) in [6, 6.07) is 18.9. The molecule has 4 nitrogen and oxygen atoms in total. The van der Waals surface area contributed by atoms with Gasteiger partial charge >= 0.3 is 0 Å². The first-order valence-electron chi connectivity index (χ1n) is 7.86. The smallest absolute Gasteiger partial charge is 0.251 e. The van der Waals surface area contributed by atoms with Gasteiger partial charge in [0.15, 0.2) is 0 Å². The minimum atomic E-state index is -0.270. The SMILES string of the molecule is Cc1cc(Br)ccc1NC(=O)CNC(=O)c1ccc2ccccc2c1. The van der Waals surface area contributed by atoms with E-state index >= 15 is 0 Å². The molecule has 0 bridgehead atoms. The zero-order chi connectivity index (χ0) is 17.8. The molecule has 0 aromatic heterocycles. The van der Waals surface area contributed by atoms with Crippen LogP contribution in [0, 0.1) is 6.92 Å². The third-order valence-electron chi connectivity index (χ3n) is 3.88. The molecule has 0 saturated heterocycles. The highest BCUT2D eigenvalue weighted by atomic mass is 79.9. The first kappa shape index (κ1) is 17.2. The van der Waals surface area contributed by atoms with Crippen LogP contribution in [0.3, 0.4) is 0 Å². The molecule has 3 rings (SSSR count). The molecule has 0 aliphatic carbocycles. The minimum Gasteiger partial charge on any atom is -0.343 e. The van der Waals surface area contributed by atoms with Crippen molar-refractivity contribution in [3.63, 3.8) is 0 Å². The van der Waals surface area contributed by atoms with E-state index in [1.165, 1.54) is 0 Å². The number of amides is 2. The van der Waals surface area contributed by atoms with Crippen LogP contribution in [0.25, 0.3) is 10.8 Å². The maximum atomic E-state index is 12.3. The average molecular weight is 397 g/mol. The lowest BCUT2D eigenvalue weighted by atomic mass is 10.1. The Kier molecular flexibility index (Phi) is 5.14. The van der Waals surface area contributed by atoms with Crippen molar-refractivity contribution in [3.8, 4) is 0 Å². The monoisotopic (exact) mass is 396 g/mol. The van der Waals surface area contributed by atoms with Gasteiger partial charge in [-0.25, -0.2) is 0 Å². The standard InChI is InChI=1S/C20H17BrN2O2/c1-13-10-17(21)8-9-18(13)23-19(24)12-22-20(25)16-7-6-14-4-2-3-5-15(14)11-16/h2-11H,12H2,1H3,(H,22,25)(H,23,24). The summed E-state index contributed by atoms with van der Waals surface area (Å²) in [6.45, 7) is 1.83. The van der Waals surface area contributed by atoms with E-state index in [0.717, 1.165) is 26.5 Å². The van der Waals surface area contributed by atoms with Gasteiger partial charge in [-0.05, 0) is 53.6 Å². The second kappa shape index (κ2) is 7.49. The number of carbonyl (C=O) groups excluding carboxylic acids is 2. The summed E-state index contributed by atoms with van der Waals surface area (Å²) in [4.78, 5) is 24.3. The molecule has 0 radical (unpaired) electrons. The Balaban J connectivity index is 1.61. The van der Waals surface area contributed by atoms with E-state index in [-0.39, 0.29) is 18.4 Å². The number of rotatable bonds is 4. The van der Waals surface area contributed by atoms with Crippen molar-refractivity contribution in [1.29, 1.82) is 0 Å². The predicted molar refractivity (Wildman–Crippen MR) is 104 cm³/mol. The van der Waals surface area contributed by atoms with E-state index in [4.69, 9.17) is 0 Å². The maximum Gasteiger partial charge on any atom is 0.251 e. The van der Waals surface area contributed by atoms with E-state index in [9.17, 15) is 9.59 Å². The number of benzene rings is 3. The third-order valence-corrected chi connectivity index (χ3v) is 4.38. The maximum absolute atomic E-state index is 12.3. The van der Waals surface area contributed by atoms with E-state index < -0.39 is 0 Å². The van der Waals surface area contributed by atoms with Crippen LogP contribution < -0.4 is 10.6 Å². The van der Waals surface area contributed by atoms with E-state index in [1.54, 1.807) is 6.07 Å². The van der Waals surface area contributed by atoms with Gasteiger partial charge in [0.05, 0.1) is 6.54 Å². The van der Waals surface area contributed by atoms with E-state index in [2.05, 4.69) is 26.6 Å². The van der Waals surface area contributed by atoms with Crippen LogP contribution in [0.1, 0.15) is 15.9 Å². The highest BCUT2D eigenvalue weighted by molar-refractivity contribution is 9.10. The summed E-state index contributed by atoms with van der Waals surface area (Å²) in [5, 5.41) is 7.52. The van der Waals surface area contributed by atoms with Gasteiger partial charge in [0.25, 0.3) is 5.91 Å². The summed E-state index contributed by atoms with van der Waals surface area (Å²) in [5.74, 6) is -0.534. The first-order chi connectivity index (χ1) is 12.0. The van der Waals surface area contributed by atoms with Crippen molar-refractivity contribution < 1.29 is 9.59 Å². The van der Waals surface area contributed by atoms with Crippen LogP contribution in [0.2, 0.25) is 0 Å². The molecular formula is C20H17BrN2O2. The average Bonchev–Trinajstić information content (AvgIpc) is 2.61. The Morgan fingerprint density at radius 3 is 2.48 bits per heavy atom. The minimum absolute atomic E-state index is 0.0822. The van der Waals surface area contributed by atoms with Crippen molar-refractivity contribution in [2.45, 2.75) is 6.92 Å². The molecule has 0 heterocycles. The number of carbonyl (C=O) groups is 2. The molecule has 3 aromatic carbocycles. The molecule has 25 heavy (non-hydrogen) atoms. The van der Waals surface area contributed by atoms with Gasteiger partial charge in [0, 0.05) is 15.7 Å². The number of hydrogen-bond acceptors (Lipinski definition) is 2. The van der Waals surface area contributed by atoms with E-state index in [1.807, 2.05) is 61.5 Å². The van der Waals surface area contributed by atoms with Gasteiger partial charge in [0.1, 0.15) is 0 Å². The summed E-state index contributed by atoms with van der Waals surface area (Å²) in [5.41, 5.74) is 2.21. The van der Waals surface area contributed by atoms with Crippen LogP contribution >= 0.6 is 15.9 Å². The van der Waals surface area contributed by atoms with Crippen LogP contribution in [-0.2, 0) is 4.79 Å². The Morgan fingerprint density at radius 1 is 0.960 bits per heavy atom. The third kappa shape index (κ3) is 4.25. The molecular weight excluding hydrogens is 380 g/mol. The van der Waals surface area contributed by atoms with Gasteiger partial charge in [-0.1, -0.05) is 46.3 Å². The number of nitrogens with one attached hydrogen (secondary N) is 2. The Morgan fingerprint density at radius 2 is 1.72 bits per heavy atom. The number of halogens is 1. The Hall–Kier alpha value is -2.66. The molecule has 0 saturated carbocycles. The molecule has 0 spiro atoms. The second-order valence-electron chi connectivity index (χ2n) is 5.75. The summed E-state index contributed by atoms with van der Waals surface area (Å²) in [6.07, 6.45) is 0. The van der Waals surface area contributed by atoms with Crippen molar-refractivity contribution >= 4 is 44.2 Å². The predicted octanol–water partition coefficient (Wildman–Crippen LogP) is 4.28. The first-order valence-corrected chi connectivity index (χ1v) is 8.65. The quantitative estimate of drug-likeness (QED) is 0.691. The molecule has 3 aromatic rings. The van der Waals surface area contributed by atoms with Gasteiger partial charge in [0.2, 0.25) is 5.91 Å². The highest BCUT2D eigenvalue weighted by Gasteiger charge is 2.10. The zero-order valence-corrected chi connectivity index (χ0v) is 15.3. The molecule has 2 amide bonds. The van der Waals surface area contributed by atoms with Crippen LogP contribution in [-0.4, -0.2) is 18.4 Å². The van der Waals surface area contributed by atoms with Crippen molar-refractivity contribution in [2.75, 3.05) is 11.9 Å². The molecule has 5 heteroatoms. The molecule has 126 valence electrons. The molecule has 0 fully saturated rings. The van der Waals surface area contributed by atoms with Gasteiger partial charge in [-0.2, -0.15) is 0 Å². The molecule has 0 unspecified atom stereocenters. The largest absolute Gasteiger partial charge is 0.343 e. The fourth-order valence-electron chi connectivity index (χ4n) is 2.55. The normalized spacial score (nSPS) is 10.5. The lowest BCUT2D eigenvalue weighted by molar-refractivity contribution is -0.115. The molecule has 0 aliphatic heterocycles. The molecule has 0 aliphatic rings. The highest BCUT2D eigenvalue weighted by Crippen LogP contribution is 2.20.